The van der Waals surface area contributed by atoms with Crippen LogP contribution in [0.3, 0.4) is 0 Å². The van der Waals surface area contributed by atoms with Crippen LogP contribution in [0, 0.1) is 0 Å². The van der Waals surface area contributed by atoms with Gasteiger partial charge >= 0.3 is 6.55 Å². The van der Waals surface area contributed by atoms with Crippen LogP contribution in [0.5, 0.6) is 0 Å². The van der Waals surface area contributed by atoms with Gasteiger partial charge in [0, 0.05) is 12.7 Å². The zero-order valence-corrected chi connectivity index (χ0v) is 13.1. The summed E-state index contributed by atoms with van der Waals surface area (Å²) in [4.78, 5) is 14.3. The summed E-state index contributed by atoms with van der Waals surface area (Å²) in [6.07, 6.45) is 2.75. The van der Waals surface area contributed by atoms with Gasteiger partial charge in [0.1, 0.15) is 11.5 Å². The number of furan rings is 1. The standard InChI is InChI=1S/C15H20F2N4O2/c1-3-20(4-2)12(13-6-5-9-23-13)10-18-14(22)11-7-8-19-21(11)15(16)17/h5-9,12,15H,3-4,10H2,1-2H3,(H,18,22). The number of carbonyl (C=O) groups is 1. The molecule has 0 saturated carbocycles. The van der Waals surface area contributed by atoms with Crippen molar-refractivity contribution in [3.63, 3.8) is 0 Å². The molecule has 0 radical (unpaired) electrons. The highest BCUT2D eigenvalue weighted by atomic mass is 19.3. The Morgan fingerprint density at radius 2 is 2.13 bits per heavy atom. The van der Waals surface area contributed by atoms with Crippen molar-refractivity contribution in [1.82, 2.24) is 20.0 Å². The number of halogens is 2. The molecule has 0 aliphatic heterocycles. The monoisotopic (exact) mass is 326 g/mol. The minimum Gasteiger partial charge on any atom is -0.468 e. The lowest BCUT2D eigenvalue weighted by Crippen LogP contribution is -2.38. The van der Waals surface area contributed by atoms with E-state index >= 15 is 0 Å². The Morgan fingerprint density at radius 1 is 1.39 bits per heavy atom. The number of carbonyl (C=O) groups excluding carboxylic acids is 1. The third-order valence-corrected chi connectivity index (χ3v) is 3.67. The van der Waals surface area contributed by atoms with Crippen LogP contribution in [0.25, 0.3) is 0 Å². The van der Waals surface area contributed by atoms with Gasteiger partial charge < -0.3 is 9.73 Å². The Labute approximate surface area is 133 Å². The molecule has 0 bridgehead atoms. The van der Waals surface area contributed by atoms with Crippen LogP contribution in [0.1, 0.15) is 42.7 Å². The molecular weight excluding hydrogens is 306 g/mol. The summed E-state index contributed by atoms with van der Waals surface area (Å²) in [5, 5.41) is 6.14. The Bertz CT molecular complexity index is 609. The van der Waals surface area contributed by atoms with Crippen LogP contribution in [-0.2, 0) is 0 Å². The average molecular weight is 326 g/mol. The van der Waals surface area contributed by atoms with Crippen LogP contribution in [0.4, 0.5) is 8.78 Å². The van der Waals surface area contributed by atoms with Crippen LogP contribution < -0.4 is 5.32 Å². The molecule has 23 heavy (non-hydrogen) atoms. The molecule has 0 spiro atoms. The van der Waals surface area contributed by atoms with Crippen molar-refractivity contribution in [2.45, 2.75) is 26.4 Å². The highest BCUT2D eigenvalue weighted by Gasteiger charge is 2.23. The van der Waals surface area contributed by atoms with Crippen molar-refractivity contribution in [2.75, 3.05) is 19.6 Å². The zero-order chi connectivity index (χ0) is 16.8. The zero-order valence-electron chi connectivity index (χ0n) is 13.1. The maximum atomic E-state index is 12.8. The molecule has 1 amide bonds. The van der Waals surface area contributed by atoms with E-state index in [0.29, 0.717) is 4.68 Å². The molecule has 126 valence electrons. The summed E-state index contributed by atoms with van der Waals surface area (Å²) in [5.74, 6) is 0.128. The number of nitrogens with zero attached hydrogens (tertiary/aromatic N) is 3. The average Bonchev–Trinajstić information content (AvgIpc) is 3.21. The fourth-order valence-electron chi connectivity index (χ4n) is 2.48. The third kappa shape index (κ3) is 3.95. The molecule has 0 aliphatic carbocycles. The lowest BCUT2D eigenvalue weighted by Gasteiger charge is -2.28. The summed E-state index contributed by atoms with van der Waals surface area (Å²) in [5.41, 5.74) is -0.169. The summed E-state index contributed by atoms with van der Waals surface area (Å²) < 4.78 is 31.4. The Kier molecular flexibility index (Phi) is 5.86. The van der Waals surface area contributed by atoms with Gasteiger partial charge in [0.15, 0.2) is 0 Å². The van der Waals surface area contributed by atoms with Gasteiger partial charge in [0.05, 0.1) is 12.3 Å². The Hall–Kier alpha value is -2.22. The fraction of sp³-hybridized carbons (Fsp3) is 0.467. The van der Waals surface area contributed by atoms with Gasteiger partial charge in [-0.2, -0.15) is 18.6 Å². The Balaban J connectivity index is 2.09. The molecule has 0 aromatic carbocycles. The normalized spacial score (nSPS) is 12.8. The smallest absolute Gasteiger partial charge is 0.333 e. The first-order valence-corrected chi connectivity index (χ1v) is 7.45. The number of rotatable bonds is 8. The topological polar surface area (TPSA) is 63.3 Å². The quantitative estimate of drug-likeness (QED) is 0.810. The van der Waals surface area contributed by atoms with E-state index in [1.165, 1.54) is 12.3 Å². The maximum Gasteiger partial charge on any atom is 0.333 e. The molecule has 1 N–H and O–H groups in total. The molecular formula is C15H20F2N4O2. The van der Waals surface area contributed by atoms with Crippen molar-refractivity contribution in [3.05, 3.63) is 42.1 Å². The van der Waals surface area contributed by atoms with Crippen molar-refractivity contribution in [3.8, 4) is 0 Å². The van der Waals surface area contributed by atoms with Gasteiger partial charge in [0.2, 0.25) is 0 Å². The van der Waals surface area contributed by atoms with E-state index in [1.54, 1.807) is 12.3 Å². The second kappa shape index (κ2) is 7.87. The summed E-state index contributed by atoms with van der Waals surface area (Å²) in [6, 6.07) is 4.71. The van der Waals surface area contributed by atoms with Crippen LogP contribution in [-0.4, -0.2) is 40.2 Å². The molecule has 2 aromatic heterocycles. The van der Waals surface area contributed by atoms with Crippen molar-refractivity contribution in [1.29, 1.82) is 0 Å². The molecule has 2 heterocycles. The van der Waals surface area contributed by atoms with E-state index in [0.717, 1.165) is 18.8 Å². The summed E-state index contributed by atoms with van der Waals surface area (Å²) in [6.45, 7) is 2.96. The molecule has 6 nitrogen and oxygen atoms in total. The number of alkyl halides is 2. The minimum atomic E-state index is -2.85. The number of aromatic nitrogens is 2. The molecule has 0 saturated heterocycles. The predicted molar refractivity (Wildman–Crippen MR) is 80.2 cm³/mol. The van der Waals surface area contributed by atoms with Gasteiger partial charge in [-0.1, -0.05) is 13.8 Å². The molecule has 0 aliphatic rings. The first kappa shape index (κ1) is 17.1. The van der Waals surface area contributed by atoms with E-state index in [2.05, 4.69) is 15.3 Å². The summed E-state index contributed by atoms with van der Waals surface area (Å²) >= 11 is 0. The largest absolute Gasteiger partial charge is 0.468 e. The highest BCUT2D eigenvalue weighted by molar-refractivity contribution is 5.92. The molecule has 0 fully saturated rings. The van der Waals surface area contributed by atoms with Crippen molar-refractivity contribution < 1.29 is 18.0 Å². The number of amides is 1. The van der Waals surface area contributed by atoms with Crippen molar-refractivity contribution in [2.24, 2.45) is 0 Å². The lowest BCUT2D eigenvalue weighted by molar-refractivity contribution is 0.0507. The first-order valence-electron chi connectivity index (χ1n) is 7.45. The van der Waals surface area contributed by atoms with Gasteiger partial charge in [-0.25, -0.2) is 0 Å². The maximum absolute atomic E-state index is 12.8. The van der Waals surface area contributed by atoms with E-state index in [1.807, 2.05) is 19.9 Å². The van der Waals surface area contributed by atoms with Gasteiger partial charge in [-0.3, -0.25) is 9.69 Å². The summed E-state index contributed by atoms with van der Waals surface area (Å²) in [7, 11) is 0. The van der Waals surface area contributed by atoms with Gasteiger partial charge in [0.25, 0.3) is 5.91 Å². The van der Waals surface area contributed by atoms with Crippen molar-refractivity contribution >= 4 is 5.91 Å². The second-order valence-corrected chi connectivity index (χ2v) is 4.90. The van der Waals surface area contributed by atoms with Gasteiger partial charge in [-0.15, -0.1) is 0 Å². The van der Waals surface area contributed by atoms with Crippen LogP contribution in [0.2, 0.25) is 0 Å². The SMILES string of the molecule is CCN(CC)C(CNC(=O)c1ccnn1C(F)F)c1ccco1. The molecule has 2 rings (SSSR count). The van der Waals surface area contributed by atoms with E-state index in [9.17, 15) is 13.6 Å². The fourth-order valence-corrected chi connectivity index (χ4v) is 2.48. The number of likely N-dealkylation sites (N-methyl/N-ethyl adjacent to an activating group) is 1. The van der Waals surface area contributed by atoms with E-state index < -0.39 is 12.5 Å². The molecule has 1 atom stereocenters. The number of nitrogens with one attached hydrogen (secondary N) is 1. The number of hydrogen-bond acceptors (Lipinski definition) is 4. The lowest BCUT2D eigenvalue weighted by atomic mass is 10.2. The molecule has 1 unspecified atom stereocenters. The van der Waals surface area contributed by atoms with E-state index in [-0.39, 0.29) is 18.3 Å². The molecule has 8 heteroatoms. The third-order valence-electron chi connectivity index (χ3n) is 3.67. The van der Waals surface area contributed by atoms with Crippen LogP contribution in [0.15, 0.2) is 35.1 Å². The predicted octanol–water partition coefficient (Wildman–Crippen LogP) is 2.68. The first-order chi connectivity index (χ1) is 11.1. The Morgan fingerprint density at radius 3 is 2.70 bits per heavy atom. The van der Waals surface area contributed by atoms with E-state index in [4.69, 9.17) is 4.42 Å². The molecule has 2 aromatic rings. The highest BCUT2D eigenvalue weighted by Crippen LogP contribution is 2.20. The van der Waals surface area contributed by atoms with Crippen LogP contribution >= 0.6 is 0 Å². The minimum absolute atomic E-state index is 0.160. The second-order valence-electron chi connectivity index (χ2n) is 4.90. The number of hydrogen-bond donors (Lipinski definition) is 1. The van der Waals surface area contributed by atoms with Gasteiger partial charge in [-0.05, 0) is 31.3 Å².